The van der Waals surface area contributed by atoms with Crippen LogP contribution in [0.5, 0.6) is 0 Å². The zero-order valence-corrected chi connectivity index (χ0v) is 16.5. The third-order valence-corrected chi connectivity index (χ3v) is 8.50. The third kappa shape index (κ3) is 3.03. The van der Waals surface area contributed by atoms with Gasteiger partial charge in [-0.25, -0.2) is 8.42 Å². The molecule has 5 heterocycles. The van der Waals surface area contributed by atoms with Crippen molar-refractivity contribution in [1.29, 1.82) is 0 Å². The highest BCUT2D eigenvalue weighted by Crippen LogP contribution is 2.43. The molecule has 1 amide bonds. The highest BCUT2D eigenvalue weighted by atomic mass is 32.2. The van der Waals surface area contributed by atoms with Crippen LogP contribution in [0.2, 0.25) is 0 Å². The van der Waals surface area contributed by atoms with Gasteiger partial charge in [-0.2, -0.15) is 0 Å². The van der Waals surface area contributed by atoms with Gasteiger partial charge in [0.15, 0.2) is 9.84 Å². The van der Waals surface area contributed by atoms with Crippen LogP contribution in [0.1, 0.15) is 32.1 Å². The lowest BCUT2D eigenvalue weighted by Gasteiger charge is -2.44. The van der Waals surface area contributed by atoms with Crippen LogP contribution in [-0.4, -0.2) is 63.1 Å². The second kappa shape index (κ2) is 6.29. The van der Waals surface area contributed by atoms with Gasteiger partial charge in [-0.15, -0.1) is 0 Å². The summed E-state index contributed by atoms with van der Waals surface area (Å²) in [5, 5.41) is 12.5. The summed E-state index contributed by atoms with van der Waals surface area (Å²) in [5.74, 6) is -0.329. The average Bonchev–Trinajstić information content (AvgIpc) is 3.30. The van der Waals surface area contributed by atoms with Gasteiger partial charge in [-0.3, -0.25) is 9.78 Å². The predicted octanol–water partition coefficient (Wildman–Crippen LogP) is 1.36. The maximum atomic E-state index is 13.0. The molecule has 2 bridgehead atoms. The van der Waals surface area contributed by atoms with E-state index in [2.05, 4.69) is 4.98 Å². The minimum atomic E-state index is -3.08. The normalized spacial score (nSPS) is 34.2. The van der Waals surface area contributed by atoms with Crippen molar-refractivity contribution in [1.82, 2.24) is 14.5 Å². The molecule has 0 saturated carbocycles. The highest BCUT2D eigenvalue weighted by molar-refractivity contribution is 7.91. The number of fused-ring (bicyclic) bond motifs is 3. The molecule has 150 valence electrons. The van der Waals surface area contributed by atoms with Gasteiger partial charge < -0.3 is 14.6 Å². The van der Waals surface area contributed by atoms with Crippen LogP contribution in [0.15, 0.2) is 30.7 Å². The number of aromatic nitrogens is 2. The lowest BCUT2D eigenvalue weighted by Crippen LogP contribution is -2.56. The first-order chi connectivity index (χ1) is 13.3. The van der Waals surface area contributed by atoms with Gasteiger partial charge in [-0.05, 0) is 44.2 Å². The fourth-order valence-corrected chi connectivity index (χ4v) is 7.23. The van der Waals surface area contributed by atoms with E-state index < -0.39 is 21.4 Å². The molecule has 28 heavy (non-hydrogen) atoms. The summed E-state index contributed by atoms with van der Waals surface area (Å²) in [5.41, 5.74) is 0.129. The number of aliphatic hydroxyl groups is 1. The molecule has 0 aromatic carbocycles. The smallest absolute Gasteiger partial charge is 0.227 e. The van der Waals surface area contributed by atoms with E-state index >= 15 is 0 Å². The van der Waals surface area contributed by atoms with Crippen LogP contribution < -0.4 is 0 Å². The zero-order valence-electron chi connectivity index (χ0n) is 15.7. The van der Waals surface area contributed by atoms with E-state index in [4.69, 9.17) is 0 Å². The molecule has 3 aliphatic heterocycles. The van der Waals surface area contributed by atoms with Crippen molar-refractivity contribution in [2.75, 3.05) is 11.5 Å². The van der Waals surface area contributed by atoms with E-state index in [1.165, 1.54) is 0 Å². The Morgan fingerprint density at radius 1 is 1.21 bits per heavy atom. The van der Waals surface area contributed by atoms with Gasteiger partial charge in [0, 0.05) is 29.9 Å². The Bertz CT molecular complexity index is 1020. The fourth-order valence-electron chi connectivity index (χ4n) is 5.50. The van der Waals surface area contributed by atoms with E-state index in [-0.39, 0.29) is 29.5 Å². The van der Waals surface area contributed by atoms with Crippen molar-refractivity contribution in [3.8, 4) is 0 Å². The van der Waals surface area contributed by atoms with Crippen LogP contribution >= 0.6 is 0 Å². The largest absolute Gasteiger partial charge is 0.388 e. The molecule has 0 aliphatic carbocycles. The van der Waals surface area contributed by atoms with Crippen molar-refractivity contribution in [2.24, 2.45) is 5.92 Å². The van der Waals surface area contributed by atoms with Gasteiger partial charge in [0.25, 0.3) is 0 Å². The van der Waals surface area contributed by atoms with Gasteiger partial charge >= 0.3 is 0 Å². The minimum Gasteiger partial charge on any atom is -0.388 e. The molecule has 3 fully saturated rings. The van der Waals surface area contributed by atoms with Crippen molar-refractivity contribution in [3.63, 3.8) is 0 Å². The molecule has 3 aliphatic rings. The van der Waals surface area contributed by atoms with Crippen molar-refractivity contribution >= 4 is 26.6 Å². The topological polar surface area (TPSA) is 92.5 Å². The number of carbonyl (C=O) groups excluding carboxylic acids is 1. The SMILES string of the molecule is O=C([C@@H]1CCS(=O)(=O)C1)N1[C@@H]2CC[C@H]1CC(O)(Cn1ccc3ccncc31)C2. The Hall–Kier alpha value is -1.93. The van der Waals surface area contributed by atoms with Crippen LogP contribution in [0, 0.1) is 5.92 Å². The zero-order chi connectivity index (χ0) is 19.5. The molecule has 3 saturated heterocycles. The number of rotatable bonds is 3. The standard InChI is InChI=1S/C20H25N3O4S/c24-19(15-5-8-28(26,27)12-15)23-16-1-2-17(23)10-20(25,9-16)13-22-7-4-14-3-6-21-11-18(14)22/h3-4,6-7,11,15-17,25H,1-2,5,8-10,12-13H2/t15-,16-,17+,20?/m1/s1. The van der Waals surface area contributed by atoms with Crippen LogP contribution in [0.4, 0.5) is 0 Å². The summed E-state index contributed by atoms with van der Waals surface area (Å²) in [7, 11) is -3.08. The third-order valence-electron chi connectivity index (χ3n) is 6.73. The first kappa shape index (κ1) is 18.1. The Labute approximate surface area is 164 Å². The van der Waals surface area contributed by atoms with E-state index in [9.17, 15) is 18.3 Å². The van der Waals surface area contributed by atoms with E-state index in [0.717, 1.165) is 23.7 Å². The van der Waals surface area contributed by atoms with E-state index in [1.54, 1.807) is 6.20 Å². The van der Waals surface area contributed by atoms with Crippen molar-refractivity contribution in [2.45, 2.75) is 56.3 Å². The number of hydrogen-bond donors (Lipinski definition) is 1. The van der Waals surface area contributed by atoms with Crippen LogP contribution in [0.25, 0.3) is 10.9 Å². The summed E-state index contributed by atoms with van der Waals surface area (Å²) in [6, 6.07) is 3.98. The first-order valence-electron chi connectivity index (χ1n) is 9.97. The average molecular weight is 404 g/mol. The molecule has 1 N–H and O–H groups in total. The molecule has 4 atom stereocenters. The Morgan fingerprint density at radius 2 is 1.96 bits per heavy atom. The van der Waals surface area contributed by atoms with Crippen LogP contribution in [-0.2, 0) is 21.2 Å². The van der Waals surface area contributed by atoms with E-state index in [0.29, 0.717) is 25.8 Å². The first-order valence-corrected chi connectivity index (χ1v) is 11.8. The molecule has 5 rings (SSSR count). The number of sulfone groups is 1. The molecule has 7 nitrogen and oxygen atoms in total. The molecular weight excluding hydrogens is 378 g/mol. The number of hydrogen-bond acceptors (Lipinski definition) is 5. The number of nitrogens with zero attached hydrogens (tertiary/aromatic N) is 3. The van der Waals surface area contributed by atoms with Crippen molar-refractivity contribution < 1.29 is 18.3 Å². The molecule has 8 heteroatoms. The summed E-state index contributed by atoms with van der Waals surface area (Å²) in [4.78, 5) is 19.1. The Balaban J connectivity index is 1.34. The predicted molar refractivity (Wildman–Crippen MR) is 104 cm³/mol. The maximum absolute atomic E-state index is 13.0. The number of amides is 1. The summed E-state index contributed by atoms with van der Waals surface area (Å²) >= 11 is 0. The molecule has 2 aromatic heterocycles. The van der Waals surface area contributed by atoms with E-state index in [1.807, 2.05) is 34.0 Å². The molecule has 2 aromatic rings. The summed E-state index contributed by atoms with van der Waals surface area (Å²) in [6.07, 6.45) is 8.82. The van der Waals surface area contributed by atoms with Crippen LogP contribution in [0.3, 0.4) is 0 Å². The Morgan fingerprint density at radius 3 is 2.64 bits per heavy atom. The molecular formula is C20H25N3O4S. The Kier molecular flexibility index (Phi) is 4.07. The summed E-state index contributed by atoms with van der Waals surface area (Å²) < 4.78 is 25.6. The second-order valence-corrected chi connectivity index (χ2v) is 11.0. The molecule has 1 unspecified atom stereocenters. The number of carbonyl (C=O) groups is 1. The fraction of sp³-hybridized carbons (Fsp3) is 0.600. The second-order valence-electron chi connectivity index (χ2n) is 8.74. The van der Waals surface area contributed by atoms with Crippen molar-refractivity contribution in [3.05, 3.63) is 30.7 Å². The van der Waals surface area contributed by atoms with Gasteiger partial charge in [0.05, 0.1) is 41.3 Å². The molecule has 0 spiro atoms. The monoisotopic (exact) mass is 403 g/mol. The molecule has 0 radical (unpaired) electrons. The summed E-state index contributed by atoms with van der Waals surface area (Å²) in [6.45, 7) is 0.481. The van der Waals surface area contributed by atoms with Gasteiger partial charge in [0.1, 0.15) is 0 Å². The highest BCUT2D eigenvalue weighted by Gasteiger charge is 2.51. The van der Waals surface area contributed by atoms with Gasteiger partial charge in [-0.1, -0.05) is 0 Å². The maximum Gasteiger partial charge on any atom is 0.227 e. The quantitative estimate of drug-likeness (QED) is 0.835. The lowest BCUT2D eigenvalue weighted by atomic mass is 9.85. The number of piperidine rings is 1. The van der Waals surface area contributed by atoms with Gasteiger partial charge in [0.2, 0.25) is 5.91 Å². The lowest BCUT2D eigenvalue weighted by molar-refractivity contribution is -0.145. The number of pyridine rings is 1. The minimum absolute atomic E-state index is 0.000458.